The zero-order chi connectivity index (χ0) is 11.9. The van der Waals surface area contributed by atoms with Crippen molar-refractivity contribution in [3.05, 3.63) is 29.7 Å². The van der Waals surface area contributed by atoms with Gasteiger partial charge in [0.25, 0.3) is 0 Å². The molecule has 4 nitrogen and oxygen atoms in total. The molecule has 0 aliphatic carbocycles. The molecule has 1 N–H and O–H groups in total. The molecule has 0 bridgehead atoms. The molecular formula is C12H13NO3. The molecule has 1 aromatic heterocycles. The average Bonchev–Trinajstić information content (AvgIpc) is 2.60. The molecule has 0 fully saturated rings. The molecule has 1 aromatic carbocycles. The molecule has 2 rings (SSSR count). The molecule has 0 atom stereocenters. The standard InChI is InChI=1S/C12H13NO3/c1-7-4-5-8-9(6-7)16-10(13-8)12(2,3)11(14)15/h4-6H,1-3H3,(H,14,15). The third-order valence-electron chi connectivity index (χ3n) is 2.61. The van der Waals surface area contributed by atoms with Crippen molar-refractivity contribution in [3.8, 4) is 0 Å². The van der Waals surface area contributed by atoms with Crippen LogP contribution < -0.4 is 0 Å². The van der Waals surface area contributed by atoms with Crippen molar-refractivity contribution >= 4 is 17.1 Å². The fourth-order valence-electron chi connectivity index (χ4n) is 1.39. The molecule has 4 heteroatoms. The van der Waals surface area contributed by atoms with Crippen LogP contribution in [-0.2, 0) is 10.2 Å². The van der Waals surface area contributed by atoms with Crippen LogP contribution in [-0.4, -0.2) is 16.1 Å². The largest absolute Gasteiger partial charge is 0.480 e. The highest BCUT2D eigenvalue weighted by Crippen LogP contribution is 2.27. The number of nitrogens with zero attached hydrogens (tertiary/aromatic N) is 1. The van der Waals surface area contributed by atoms with Gasteiger partial charge in [-0.15, -0.1) is 0 Å². The molecule has 84 valence electrons. The molecule has 0 saturated heterocycles. The number of carboxylic acids is 1. The van der Waals surface area contributed by atoms with Gasteiger partial charge in [0, 0.05) is 0 Å². The SMILES string of the molecule is Cc1ccc2nc(C(C)(C)C(=O)O)oc2c1. The van der Waals surface area contributed by atoms with Gasteiger partial charge in [0.15, 0.2) is 5.58 Å². The van der Waals surface area contributed by atoms with E-state index in [2.05, 4.69) is 4.98 Å². The van der Waals surface area contributed by atoms with Gasteiger partial charge < -0.3 is 9.52 Å². The first-order chi connectivity index (χ1) is 7.41. The van der Waals surface area contributed by atoms with E-state index in [0.717, 1.165) is 5.56 Å². The van der Waals surface area contributed by atoms with Gasteiger partial charge in [-0.05, 0) is 38.5 Å². The van der Waals surface area contributed by atoms with Gasteiger partial charge in [0.1, 0.15) is 10.9 Å². The van der Waals surface area contributed by atoms with E-state index in [1.807, 2.05) is 25.1 Å². The number of aryl methyl sites for hydroxylation is 1. The summed E-state index contributed by atoms with van der Waals surface area (Å²) in [4.78, 5) is 15.3. The summed E-state index contributed by atoms with van der Waals surface area (Å²) >= 11 is 0. The Balaban J connectivity index is 2.59. The number of hydrogen-bond acceptors (Lipinski definition) is 3. The number of aromatic nitrogens is 1. The van der Waals surface area contributed by atoms with E-state index < -0.39 is 11.4 Å². The summed E-state index contributed by atoms with van der Waals surface area (Å²) in [7, 11) is 0. The number of carbonyl (C=O) groups is 1. The summed E-state index contributed by atoms with van der Waals surface area (Å²) in [5.41, 5.74) is 1.27. The Morgan fingerprint density at radius 1 is 1.44 bits per heavy atom. The minimum Gasteiger partial charge on any atom is -0.480 e. The highest BCUT2D eigenvalue weighted by Gasteiger charge is 2.35. The number of hydrogen-bond donors (Lipinski definition) is 1. The lowest BCUT2D eigenvalue weighted by Gasteiger charge is -2.13. The third kappa shape index (κ3) is 1.56. The van der Waals surface area contributed by atoms with E-state index in [9.17, 15) is 4.79 Å². The Kier molecular flexibility index (Phi) is 2.22. The second kappa shape index (κ2) is 3.33. The molecule has 0 spiro atoms. The van der Waals surface area contributed by atoms with Crippen molar-refractivity contribution in [1.82, 2.24) is 4.98 Å². The first-order valence-corrected chi connectivity index (χ1v) is 5.02. The predicted molar refractivity (Wildman–Crippen MR) is 59.4 cm³/mol. The van der Waals surface area contributed by atoms with Crippen LogP contribution in [0.2, 0.25) is 0 Å². The Bertz CT molecular complexity index is 554. The Morgan fingerprint density at radius 2 is 2.12 bits per heavy atom. The minimum atomic E-state index is -1.10. The van der Waals surface area contributed by atoms with Gasteiger partial charge in [0.05, 0.1) is 0 Å². The fourth-order valence-corrected chi connectivity index (χ4v) is 1.39. The highest BCUT2D eigenvalue weighted by atomic mass is 16.4. The van der Waals surface area contributed by atoms with Crippen LogP contribution in [0.1, 0.15) is 25.3 Å². The van der Waals surface area contributed by atoms with Crippen molar-refractivity contribution in [3.63, 3.8) is 0 Å². The van der Waals surface area contributed by atoms with Crippen LogP contribution in [0.5, 0.6) is 0 Å². The molecule has 0 aliphatic rings. The van der Waals surface area contributed by atoms with E-state index in [1.165, 1.54) is 0 Å². The summed E-state index contributed by atoms with van der Waals surface area (Å²) in [6.45, 7) is 5.10. The average molecular weight is 219 g/mol. The molecule has 0 radical (unpaired) electrons. The topological polar surface area (TPSA) is 63.3 Å². The van der Waals surface area contributed by atoms with Crippen molar-refractivity contribution in [2.24, 2.45) is 0 Å². The maximum absolute atomic E-state index is 11.1. The summed E-state index contributed by atoms with van der Waals surface area (Å²) in [5.74, 6) is -0.712. The Morgan fingerprint density at radius 3 is 2.75 bits per heavy atom. The highest BCUT2D eigenvalue weighted by molar-refractivity contribution is 5.81. The molecule has 0 aliphatic heterocycles. The van der Waals surface area contributed by atoms with Gasteiger partial charge in [-0.2, -0.15) is 0 Å². The number of rotatable bonds is 2. The van der Waals surface area contributed by atoms with Gasteiger partial charge >= 0.3 is 5.97 Å². The summed E-state index contributed by atoms with van der Waals surface area (Å²) < 4.78 is 5.48. The molecular weight excluding hydrogens is 206 g/mol. The van der Waals surface area contributed by atoms with Crippen LogP contribution in [0.15, 0.2) is 22.6 Å². The second-order valence-electron chi connectivity index (χ2n) is 4.42. The van der Waals surface area contributed by atoms with E-state index in [0.29, 0.717) is 11.1 Å². The van der Waals surface area contributed by atoms with E-state index in [1.54, 1.807) is 13.8 Å². The van der Waals surface area contributed by atoms with Crippen molar-refractivity contribution < 1.29 is 14.3 Å². The summed E-state index contributed by atoms with van der Waals surface area (Å²) in [5, 5.41) is 9.07. The quantitative estimate of drug-likeness (QED) is 0.842. The number of benzene rings is 1. The molecule has 16 heavy (non-hydrogen) atoms. The van der Waals surface area contributed by atoms with Gasteiger partial charge in [-0.1, -0.05) is 6.07 Å². The van der Waals surface area contributed by atoms with Gasteiger partial charge in [0.2, 0.25) is 5.89 Å². The second-order valence-corrected chi connectivity index (χ2v) is 4.42. The van der Waals surface area contributed by atoms with Crippen LogP contribution in [0.4, 0.5) is 0 Å². The Labute approximate surface area is 92.9 Å². The maximum Gasteiger partial charge on any atom is 0.318 e. The third-order valence-corrected chi connectivity index (χ3v) is 2.61. The van der Waals surface area contributed by atoms with Crippen LogP contribution >= 0.6 is 0 Å². The molecule has 0 unspecified atom stereocenters. The lowest BCUT2D eigenvalue weighted by Crippen LogP contribution is -2.28. The van der Waals surface area contributed by atoms with E-state index >= 15 is 0 Å². The lowest BCUT2D eigenvalue weighted by atomic mass is 9.94. The molecule has 1 heterocycles. The van der Waals surface area contributed by atoms with Crippen LogP contribution in [0.3, 0.4) is 0 Å². The van der Waals surface area contributed by atoms with E-state index in [-0.39, 0.29) is 5.89 Å². The first kappa shape index (κ1) is 10.7. The fraction of sp³-hybridized carbons (Fsp3) is 0.333. The van der Waals surface area contributed by atoms with Crippen molar-refractivity contribution in [2.45, 2.75) is 26.2 Å². The maximum atomic E-state index is 11.1. The van der Waals surface area contributed by atoms with Crippen LogP contribution in [0, 0.1) is 6.92 Å². The minimum absolute atomic E-state index is 0.237. The van der Waals surface area contributed by atoms with Crippen molar-refractivity contribution in [1.29, 1.82) is 0 Å². The zero-order valence-corrected chi connectivity index (χ0v) is 9.44. The molecule has 0 amide bonds. The number of carboxylic acid groups (broad SMARTS) is 1. The Hall–Kier alpha value is -1.84. The van der Waals surface area contributed by atoms with Crippen molar-refractivity contribution in [2.75, 3.05) is 0 Å². The monoisotopic (exact) mass is 219 g/mol. The number of oxazole rings is 1. The molecule has 2 aromatic rings. The normalized spacial score (nSPS) is 11.9. The van der Waals surface area contributed by atoms with E-state index in [4.69, 9.17) is 9.52 Å². The molecule has 0 saturated carbocycles. The number of aliphatic carboxylic acids is 1. The predicted octanol–water partition coefficient (Wildman–Crippen LogP) is 2.50. The zero-order valence-electron chi connectivity index (χ0n) is 9.44. The lowest BCUT2D eigenvalue weighted by molar-refractivity contribution is -0.143. The van der Waals surface area contributed by atoms with Gasteiger partial charge in [-0.25, -0.2) is 4.98 Å². The summed E-state index contributed by atoms with van der Waals surface area (Å²) in [6.07, 6.45) is 0. The smallest absolute Gasteiger partial charge is 0.318 e. The van der Waals surface area contributed by atoms with Crippen LogP contribution in [0.25, 0.3) is 11.1 Å². The number of fused-ring (bicyclic) bond motifs is 1. The first-order valence-electron chi connectivity index (χ1n) is 5.02. The summed E-state index contributed by atoms with van der Waals surface area (Å²) in [6, 6.07) is 5.60. The van der Waals surface area contributed by atoms with Gasteiger partial charge in [-0.3, -0.25) is 4.79 Å².